The molecule has 0 bridgehead atoms. The molecule has 0 aliphatic rings. The quantitative estimate of drug-likeness (QED) is 0.317. The van der Waals surface area contributed by atoms with E-state index in [0.29, 0.717) is 32.2 Å². The van der Waals surface area contributed by atoms with Crippen LogP contribution in [0.2, 0.25) is 0 Å². The molecule has 176 valence electrons. The largest absolute Gasteiger partial charge is 0.359 e. The van der Waals surface area contributed by atoms with E-state index in [1.165, 1.54) is 4.31 Å². The Balaban J connectivity index is 2.01. The number of hydrogen-bond donors (Lipinski definition) is 2. The fraction of sp³-hybridized carbons (Fsp3) is 0.409. The van der Waals surface area contributed by atoms with E-state index in [0.717, 1.165) is 11.1 Å². The highest BCUT2D eigenvalue weighted by Gasteiger charge is 2.24. The highest BCUT2D eigenvalue weighted by Crippen LogP contribution is 2.18. The molecule has 8 nitrogen and oxygen atoms in total. The van der Waals surface area contributed by atoms with Gasteiger partial charge in [0.15, 0.2) is 0 Å². The molecule has 0 heterocycles. The third-order valence-corrected chi connectivity index (χ3v) is 8.32. The van der Waals surface area contributed by atoms with Crippen molar-refractivity contribution in [3.8, 4) is 0 Å². The number of carbonyl (C=O) groups is 1. The first kappa shape index (κ1) is 26.0. The van der Waals surface area contributed by atoms with Gasteiger partial charge >= 0.3 is 0 Å². The molecule has 0 spiro atoms. The number of carbonyl (C=O) groups excluding carboxylic acids is 1. The van der Waals surface area contributed by atoms with Crippen LogP contribution in [0.4, 0.5) is 0 Å². The van der Waals surface area contributed by atoms with Gasteiger partial charge in [-0.2, -0.15) is 4.31 Å². The zero-order valence-electron chi connectivity index (χ0n) is 18.5. The van der Waals surface area contributed by atoms with Crippen molar-refractivity contribution in [1.82, 2.24) is 14.3 Å². The van der Waals surface area contributed by atoms with Crippen LogP contribution in [0, 0.1) is 13.8 Å². The smallest absolute Gasteiger partial charge is 0.243 e. The Hall–Kier alpha value is -2.27. The van der Waals surface area contributed by atoms with Crippen molar-refractivity contribution < 1.29 is 21.6 Å². The Kier molecular flexibility index (Phi) is 9.83. The first-order valence-corrected chi connectivity index (χ1v) is 13.4. The van der Waals surface area contributed by atoms with E-state index >= 15 is 0 Å². The third kappa shape index (κ3) is 7.70. The molecule has 2 aromatic carbocycles. The Morgan fingerprint density at radius 3 is 1.84 bits per heavy atom. The lowest BCUT2D eigenvalue weighted by atomic mass is 10.2. The van der Waals surface area contributed by atoms with Crippen LogP contribution in [0.5, 0.6) is 0 Å². The third-order valence-electron chi connectivity index (χ3n) is 4.93. The summed E-state index contributed by atoms with van der Waals surface area (Å²) in [6, 6.07) is 13.2. The highest BCUT2D eigenvalue weighted by atomic mass is 32.2. The molecule has 0 fully saturated rings. The van der Waals surface area contributed by atoms with Crippen molar-refractivity contribution in [3.05, 3.63) is 59.7 Å². The molecule has 32 heavy (non-hydrogen) atoms. The summed E-state index contributed by atoms with van der Waals surface area (Å²) in [6.45, 7) is 4.80. The van der Waals surface area contributed by atoms with Crippen molar-refractivity contribution >= 4 is 26.5 Å². The average molecular weight is 482 g/mol. The second-order valence-corrected chi connectivity index (χ2v) is 11.3. The SMILES string of the molecule is Cc1ccc(S(=O)(=O)NCCCN(CCCCNC=O)S(=O)(=O)c2ccc(C)cc2)cc1. The molecule has 0 atom stereocenters. The van der Waals surface area contributed by atoms with Crippen LogP contribution in [-0.2, 0) is 24.8 Å². The number of amides is 1. The van der Waals surface area contributed by atoms with Gasteiger partial charge in [-0.3, -0.25) is 4.79 Å². The molecule has 0 aliphatic carbocycles. The minimum absolute atomic E-state index is 0.114. The number of hydrogen-bond acceptors (Lipinski definition) is 5. The van der Waals surface area contributed by atoms with E-state index < -0.39 is 20.0 Å². The number of aryl methyl sites for hydroxylation is 2. The molecule has 2 aromatic rings. The second-order valence-electron chi connectivity index (χ2n) is 7.56. The van der Waals surface area contributed by atoms with Gasteiger partial charge in [0.25, 0.3) is 0 Å². The minimum Gasteiger partial charge on any atom is -0.359 e. The van der Waals surface area contributed by atoms with Gasteiger partial charge in [-0.05, 0) is 57.4 Å². The summed E-state index contributed by atoms with van der Waals surface area (Å²) in [6.07, 6.45) is 2.14. The van der Waals surface area contributed by atoms with Crippen LogP contribution in [0.15, 0.2) is 58.3 Å². The van der Waals surface area contributed by atoms with E-state index in [1.54, 1.807) is 48.5 Å². The van der Waals surface area contributed by atoms with E-state index in [4.69, 9.17) is 0 Å². The van der Waals surface area contributed by atoms with Gasteiger partial charge in [0.2, 0.25) is 26.5 Å². The Bertz CT molecular complexity index is 1070. The molecule has 0 aliphatic heterocycles. The Morgan fingerprint density at radius 2 is 1.28 bits per heavy atom. The molecule has 0 aromatic heterocycles. The molecule has 0 saturated carbocycles. The van der Waals surface area contributed by atoms with Crippen LogP contribution < -0.4 is 10.0 Å². The zero-order valence-corrected chi connectivity index (χ0v) is 20.1. The summed E-state index contributed by atoms with van der Waals surface area (Å²) in [5, 5.41) is 2.56. The lowest BCUT2D eigenvalue weighted by Gasteiger charge is -2.22. The summed E-state index contributed by atoms with van der Waals surface area (Å²) in [7, 11) is -7.37. The fourth-order valence-electron chi connectivity index (χ4n) is 3.05. The minimum atomic E-state index is -3.72. The number of nitrogens with one attached hydrogen (secondary N) is 2. The molecular weight excluding hydrogens is 450 g/mol. The van der Waals surface area contributed by atoms with Gasteiger partial charge < -0.3 is 5.32 Å². The van der Waals surface area contributed by atoms with Gasteiger partial charge in [0, 0.05) is 26.2 Å². The predicted molar refractivity (Wildman–Crippen MR) is 124 cm³/mol. The van der Waals surface area contributed by atoms with E-state index in [9.17, 15) is 21.6 Å². The van der Waals surface area contributed by atoms with Gasteiger partial charge in [-0.15, -0.1) is 0 Å². The molecule has 0 radical (unpaired) electrons. The summed E-state index contributed by atoms with van der Waals surface area (Å²) in [4.78, 5) is 10.8. The van der Waals surface area contributed by atoms with Crippen LogP contribution in [0.25, 0.3) is 0 Å². The summed E-state index contributed by atoms with van der Waals surface area (Å²) < 4.78 is 55.0. The summed E-state index contributed by atoms with van der Waals surface area (Å²) in [5.74, 6) is 0. The normalized spacial score (nSPS) is 12.1. The van der Waals surface area contributed by atoms with Crippen LogP contribution in [0.1, 0.15) is 30.4 Å². The number of rotatable bonds is 14. The number of benzene rings is 2. The maximum absolute atomic E-state index is 13.1. The first-order chi connectivity index (χ1) is 15.2. The molecule has 2 N–H and O–H groups in total. The lowest BCUT2D eigenvalue weighted by molar-refractivity contribution is -0.109. The van der Waals surface area contributed by atoms with Crippen molar-refractivity contribution in [2.75, 3.05) is 26.2 Å². The van der Waals surface area contributed by atoms with Crippen LogP contribution >= 0.6 is 0 Å². The molecule has 1 amide bonds. The van der Waals surface area contributed by atoms with Gasteiger partial charge in [0.1, 0.15) is 0 Å². The van der Waals surface area contributed by atoms with E-state index in [2.05, 4.69) is 10.0 Å². The van der Waals surface area contributed by atoms with E-state index in [-0.39, 0.29) is 29.4 Å². The molecule has 10 heteroatoms. The van der Waals surface area contributed by atoms with Crippen molar-refractivity contribution in [1.29, 1.82) is 0 Å². The molecule has 0 unspecified atom stereocenters. The fourth-order valence-corrected chi connectivity index (χ4v) is 5.64. The van der Waals surface area contributed by atoms with Gasteiger partial charge in [-0.1, -0.05) is 35.4 Å². The van der Waals surface area contributed by atoms with Crippen LogP contribution in [-0.4, -0.2) is 53.7 Å². The molecular formula is C22H31N3O5S2. The van der Waals surface area contributed by atoms with Gasteiger partial charge in [-0.25, -0.2) is 21.6 Å². The lowest BCUT2D eigenvalue weighted by Crippen LogP contribution is -2.35. The Morgan fingerprint density at radius 1 is 0.750 bits per heavy atom. The maximum Gasteiger partial charge on any atom is 0.243 e. The standard InChI is InChI=1S/C22H31N3O5S2/c1-19-6-10-21(11-7-19)31(27,28)24-15-5-17-25(16-4-3-14-23-18-26)32(29,30)22-12-8-20(2)9-13-22/h6-13,18,24H,3-5,14-17H2,1-2H3,(H,23,26). The van der Waals surface area contributed by atoms with E-state index in [1.807, 2.05) is 13.8 Å². The predicted octanol–water partition coefficient (Wildman–Crippen LogP) is 2.19. The Labute approximate surface area is 191 Å². The average Bonchev–Trinajstić information content (AvgIpc) is 2.75. The topological polar surface area (TPSA) is 113 Å². The van der Waals surface area contributed by atoms with Crippen molar-refractivity contribution in [3.63, 3.8) is 0 Å². The number of nitrogens with zero attached hydrogens (tertiary/aromatic N) is 1. The van der Waals surface area contributed by atoms with Crippen LogP contribution in [0.3, 0.4) is 0 Å². The summed E-state index contributed by atoms with van der Waals surface area (Å²) in [5.41, 5.74) is 1.92. The highest BCUT2D eigenvalue weighted by molar-refractivity contribution is 7.89. The summed E-state index contributed by atoms with van der Waals surface area (Å²) >= 11 is 0. The first-order valence-electron chi connectivity index (χ1n) is 10.5. The van der Waals surface area contributed by atoms with Crippen molar-refractivity contribution in [2.24, 2.45) is 0 Å². The zero-order chi connectivity index (χ0) is 23.6. The monoisotopic (exact) mass is 481 g/mol. The second kappa shape index (κ2) is 12.1. The maximum atomic E-state index is 13.1. The van der Waals surface area contributed by atoms with Gasteiger partial charge in [0.05, 0.1) is 9.79 Å². The van der Waals surface area contributed by atoms with Crippen molar-refractivity contribution in [2.45, 2.75) is 42.9 Å². The number of sulfonamides is 2. The molecule has 0 saturated heterocycles. The number of unbranched alkanes of at least 4 members (excludes halogenated alkanes) is 1. The molecule has 2 rings (SSSR count).